The lowest BCUT2D eigenvalue weighted by Crippen LogP contribution is -2.43. The maximum atomic E-state index is 13.0. The number of amides is 2. The van der Waals surface area contributed by atoms with Crippen molar-refractivity contribution in [2.24, 2.45) is 0 Å². The van der Waals surface area contributed by atoms with Crippen LogP contribution in [-0.2, 0) is 11.0 Å². The number of carbonyl (C=O) groups excluding carboxylic acids is 2. The van der Waals surface area contributed by atoms with Gasteiger partial charge in [0.05, 0.1) is 5.56 Å². The number of nitrogens with one attached hydrogen (secondary N) is 1. The summed E-state index contributed by atoms with van der Waals surface area (Å²) in [5, 5.41) is 11.8. The van der Waals surface area contributed by atoms with Gasteiger partial charge in [0.2, 0.25) is 11.0 Å². The molecule has 0 bridgehead atoms. The summed E-state index contributed by atoms with van der Waals surface area (Å²) in [6, 6.07) is 11.2. The Hall–Kier alpha value is -3.27. The lowest BCUT2D eigenvalue weighted by Gasteiger charge is -2.24. The van der Waals surface area contributed by atoms with Crippen LogP contribution in [0.15, 0.2) is 48.5 Å². The number of hydrogen-bond acceptors (Lipinski definition) is 5. The lowest BCUT2D eigenvalue weighted by molar-refractivity contribution is -0.137. The van der Waals surface area contributed by atoms with Gasteiger partial charge in [0.15, 0.2) is 0 Å². The van der Waals surface area contributed by atoms with E-state index in [2.05, 4.69) is 15.5 Å². The van der Waals surface area contributed by atoms with Crippen molar-refractivity contribution in [2.75, 3.05) is 11.9 Å². The molecular formula is C22H19F3N4O2S. The zero-order valence-electron chi connectivity index (χ0n) is 17.0. The molecule has 2 heterocycles. The normalized spacial score (nSPS) is 16.2. The van der Waals surface area contributed by atoms with Crippen molar-refractivity contribution in [1.82, 2.24) is 15.1 Å². The third-order valence-electron chi connectivity index (χ3n) is 5.17. The first-order valence-electron chi connectivity index (χ1n) is 9.92. The van der Waals surface area contributed by atoms with Gasteiger partial charge in [0.1, 0.15) is 11.0 Å². The van der Waals surface area contributed by atoms with E-state index in [1.807, 2.05) is 31.2 Å². The van der Waals surface area contributed by atoms with Crippen molar-refractivity contribution in [3.63, 3.8) is 0 Å². The minimum Gasteiger partial charge on any atom is -0.327 e. The molecule has 10 heteroatoms. The molecule has 0 radical (unpaired) electrons. The van der Waals surface area contributed by atoms with Gasteiger partial charge >= 0.3 is 6.18 Å². The monoisotopic (exact) mass is 460 g/mol. The van der Waals surface area contributed by atoms with Gasteiger partial charge in [-0.05, 0) is 44.0 Å². The van der Waals surface area contributed by atoms with E-state index < -0.39 is 29.6 Å². The Bertz CT molecular complexity index is 1160. The van der Waals surface area contributed by atoms with Gasteiger partial charge in [-0.2, -0.15) is 13.2 Å². The van der Waals surface area contributed by atoms with E-state index in [4.69, 9.17) is 0 Å². The Labute approximate surface area is 186 Å². The van der Waals surface area contributed by atoms with Gasteiger partial charge in [0.25, 0.3) is 5.91 Å². The van der Waals surface area contributed by atoms with Crippen LogP contribution in [0.2, 0.25) is 0 Å². The molecule has 1 aliphatic heterocycles. The second-order valence-electron chi connectivity index (χ2n) is 7.51. The molecule has 1 saturated heterocycles. The summed E-state index contributed by atoms with van der Waals surface area (Å²) in [5.41, 5.74) is 0.946. The van der Waals surface area contributed by atoms with Crippen molar-refractivity contribution in [2.45, 2.75) is 32.0 Å². The molecule has 1 atom stereocenters. The highest BCUT2D eigenvalue weighted by molar-refractivity contribution is 7.18. The average molecular weight is 460 g/mol. The van der Waals surface area contributed by atoms with Crippen LogP contribution in [0.3, 0.4) is 0 Å². The van der Waals surface area contributed by atoms with E-state index >= 15 is 0 Å². The van der Waals surface area contributed by atoms with Gasteiger partial charge in [-0.25, -0.2) is 0 Å². The van der Waals surface area contributed by atoms with Gasteiger partial charge in [-0.1, -0.05) is 41.2 Å². The number of hydrogen-bond donors (Lipinski definition) is 1. The quantitative estimate of drug-likeness (QED) is 0.608. The first-order valence-corrected chi connectivity index (χ1v) is 10.7. The number of benzene rings is 2. The molecule has 0 spiro atoms. The number of anilines is 1. The van der Waals surface area contributed by atoms with Gasteiger partial charge in [0, 0.05) is 17.7 Å². The molecule has 1 fully saturated rings. The number of likely N-dealkylation sites (tertiary alicyclic amines) is 1. The number of alkyl halides is 3. The minimum atomic E-state index is -4.55. The summed E-state index contributed by atoms with van der Waals surface area (Å²) in [6.45, 7) is 2.25. The number of aryl methyl sites for hydroxylation is 1. The Morgan fingerprint density at radius 2 is 1.91 bits per heavy atom. The topological polar surface area (TPSA) is 75.2 Å². The molecule has 4 rings (SSSR count). The van der Waals surface area contributed by atoms with Gasteiger partial charge in [-0.15, -0.1) is 10.2 Å². The van der Waals surface area contributed by atoms with Crippen molar-refractivity contribution >= 4 is 28.3 Å². The van der Waals surface area contributed by atoms with Crippen LogP contribution in [0.5, 0.6) is 0 Å². The number of carbonyl (C=O) groups is 2. The fraction of sp³-hybridized carbons (Fsp3) is 0.273. The standard InChI is InChI=1S/C22H19F3N4O2S/c1-13-5-2-6-14(11-13)19-27-28-21(32-19)26-18(30)17-9-4-10-29(17)20(31)15-7-3-8-16(12-15)22(23,24)25/h2-3,5-8,11-12,17H,4,9-10H2,1H3,(H,26,28,30). The van der Waals surface area contributed by atoms with Crippen molar-refractivity contribution < 1.29 is 22.8 Å². The van der Waals surface area contributed by atoms with E-state index in [1.54, 1.807) is 0 Å². The molecule has 1 aliphatic rings. The molecule has 3 aromatic rings. The third-order valence-corrected chi connectivity index (χ3v) is 6.06. The van der Waals surface area contributed by atoms with E-state index in [0.717, 1.165) is 23.3 Å². The zero-order chi connectivity index (χ0) is 22.9. The van der Waals surface area contributed by atoms with Gasteiger partial charge in [-0.3, -0.25) is 14.9 Å². The maximum absolute atomic E-state index is 13.0. The summed E-state index contributed by atoms with van der Waals surface area (Å²) in [4.78, 5) is 27.0. The zero-order valence-corrected chi connectivity index (χ0v) is 17.8. The van der Waals surface area contributed by atoms with Gasteiger partial charge < -0.3 is 4.90 Å². The molecule has 2 amide bonds. The summed E-state index contributed by atoms with van der Waals surface area (Å²) in [6.07, 6.45) is -3.56. The predicted molar refractivity (Wildman–Crippen MR) is 114 cm³/mol. The largest absolute Gasteiger partial charge is 0.416 e. The fourth-order valence-electron chi connectivity index (χ4n) is 3.63. The highest BCUT2D eigenvalue weighted by Gasteiger charge is 2.36. The molecule has 0 aliphatic carbocycles. The number of rotatable bonds is 4. The molecule has 1 unspecified atom stereocenters. The summed E-state index contributed by atoms with van der Waals surface area (Å²) < 4.78 is 39.0. The Kier molecular flexibility index (Phi) is 5.96. The summed E-state index contributed by atoms with van der Waals surface area (Å²) >= 11 is 1.21. The van der Waals surface area contributed by atoms with E-state index in [1.165, 1.54) is 28.4 Å². The first kappa shape index (κ1) is 21.9. The maximum Gasteiger partial charge on any atom is 0.416 e. The Morgan fingerprint density at radius 1 is 1.12 bits per heavy atom. The second kappa shape index (κ2) is 8.70. The van der Waals surface area contributed by atoms with Crippen molar-refractivity contribution in [1.29, 1.82) is 0 Å². The van der Waals surface area contributed by atoms with Crippen LogP contribution < -0.4 is 5.32 Å². The molecule has 2 aromatic carbocycles. The third kappa shape index (κ3) is 4.64. The average Bonchev–Trinajstić information content (AvgIpc) is 3.42. The van der Waals surface area contributed by atoms with Crippen LogP contribution in [0.25, 0.3) is 10.6 Å². The number of nitrogens with zero attached hydrogens (tertiary/aromatic N) is 3. The molecule has 32 heavy (non-hydrogen) atoms. The number of halogens is 3. The SMILES string of the molecule is Cc1cccc(-c2nnc(NC(=O)C3CCCN3C(=O)c3cccc(C(F)(F)F)c3)s2)c1. The highest BCUT2D eigenvalue weighted by Crippen LogP contribution is 2.31. The van der Waals surface area contributed by atoms with Crippen LogP contribution in [0.1, 0.15) is 34.3 Å². The van der Waals surface area contributed by atoms with Crippen LogP contribution in [-0.4, -0.2) is 39.5 Å². The molecule has 1 aromatic heterocycles. The predicted octanol–water partition coefficient (Wildman–Crippen LogP) is 4.78. The van der Waals surface area contributed by atoms with E-state index in [9.17, 15) is 22.8 Å². The molecule has 166 valence electrons. The Balaban J connectivity index is 1.48. The van der Waals surface area contributed by atoms with Crippen molar-refractivity contribution in [3.8, 4) is 10.6 Å². The fourth-order valence-corrected chi connectivity index (χ4v) is 4.38. The molecular weight excluding hydrogens is 441 g/mol. The lowest BCUT2D eigenvalue weighted by atomic mass is 10.1. The minimum absolute atomic E-state index is 0.0998. The van der Waals surface area contributed by atoms with E-state index in [-0.39, 0.29) is 12.1 Å². The van der Waals surface area contributed by atoms with Crippen LogP contribution in [0.4, 0.5) is 18.3 Å². The molecule has 0 saturated carbocycles. The number of aromatic nitrogens is 2. The second-order valence-corrected chi connectivity index (χ2v) is 8.48. The van der Waals surface area contributed by atoms with Crippen LogP contribution >= 0.6 is 11.3 Å². The first-order chi connectivity index (χ1) is 15.2. The highest BCUT2D eigenvalue weighted by atomic mass is 32.1. The van der Waals surface area contributed by atoms with Crippen molar-refractivity contribution in [3.05, 3.63) is 65.2 Å². The Morgan fingerprint density at radius 3 is 2.66 bits per heavy atom. The smallest absolute Gasteiger partial charge is 0.327 e. The van der Waals surface area contributed by atoms with Crippen LogP contribution in [0, 0.1) is 6.92 Å². The van der Waals surface area contributed by atoms with E-state index in [0.29, 0.717) is 23.0 Å². The summed E-state index contributed by atoms with van der Waals surface area (Å²) in [7, 11) is 0. The molecule has 1 N–H and O–H groups in total. The molecule has 6 nitrogen and oxygen atoms in total. The summed E-state index contributed by atoms with van der Waals surface area (Å²) in [5.74, 6) is -1.04.